The molecule has 1 aliphatic rings. The van der Waals surface area contributed by atoms with Crippen molar-refractivity contribution in [3.63, 3.8) is 0 Å². The fourth-order valence-corrected chi connectivity index (χ4v) is 5.21. The lowest BCUT2D eigenvalue weighted by Crippen LogP contribution is -2.48. The maximum absolute atomic E-state index is 13.7. The number of methoxy groups -OCH3 is 1. The molecular formula is C28H26F2N4O4. The zero-order valence-corrected chi connectivity index (χ0v) is 20.9. The molecule has 8 nitrogen and oxygen atoms in total. The number of piperazine rings is 1. The summed E-state index contributed by atoms with van der Waals surface area (Å²) < 4.78 is 34.0. The summed E-state index contributed by atoms with van der Waals surface area (Å²) in [6.45, 7) is 1.80. The predicted molar refractivity (Wildman–Crippen MR) is 141 cm³/mol. The number of aryl methyl sites for hydroxylation is 1. The number of nitrogens with zero attached hydrogens (tertiary/aromatic N) is 4. The average molecular weight is 521 g/mol. The number of hydrogen-bond donors (Lipinski definition) is 0. The lowest BCUT2D eigenvalue weighted by molar-refractivity contribution is -0.385. The molecule has 0 saturated carbocycles. The Bertz CT molecular complexity index is 1500. The van der Waals surface area contributed by atoms with Crippen LogP contribution in [0.1, 0.15) is 17.2 Å². The van der Waals surface area contributed by atoms with Gasteiger partial charge in [-0.15, -0.1) is 0 Å². The van der Waals surface area contributed by atoms with E-state index in [-0.39, 0.29) is 23.4 Å². The van der Waals surface area contributed by atoms with E-state index >= 15 is 0 Å². The Morgan fingerprint density at radius 1 is 0.895 bits per heavy atom. The molecule has 0 radical (unpaired) electrons. The van der Waals surface area contributed by atoms with Crippen LogP contribution in [-0.2, 0) is 7.05 Å². The molecule has 0 atom stereocenters. The summed E-state index contributed by atoms with van der Waals surface area (Å²) in [7, 11) is 3.03. The largest absolute Gasteiger partial charge is 0.497 e. The van der Waals surface area contributed by atoms with Crippen molar-refractivity contribution in [2.24, 2.45) is 7.05 Å². The number of halogens is 2. The van der Waals surface area contributed by atoms with Gasteiger partial charge in [0.25, 0.3) is 0 Å². The van der Waals surface area contributed by atoms with Crippen LogP contribution in [0.15, 0.2) is 71.5 Å². The topological polar surface area (TPSA) is 80.8 Å². The summed E-state index contributed by atoms with van der Waals surface area (Å²) in [5.41, 5.74) is 1.37. The Morgan fingerprint density at radius 2 is 1.45 bits per heavy atom. The monoisotopic (exact) mass is 520 g/mol. The molecule has 5 rings (SSSR count). The van der Waals surface area contributed by atoms with Crippen LogP contribution in [-0.4, -0.2) is 47.7 Å². The predicted octanol–water partition coefficient (Wildman–Crippen LogP) is 4.65. The summed E-state index contributed by atoms with van der Waals surface area (Å²) >= 11 is 0. The van der Waals surface area contributed by atoms with Gasteiger partial charge in [-0.05, 0) is 53.6 Å². The maximum Gasteiger partial charge on any atom is 0.357 e. The molecule has 0 spiro atoms. The fourth-order valence-electron chi connectivity index (χ4n) is 5.21. The van der Waals surface area contributed by atoms with Crippen LogP contribution in [0, 0.1) is 21.7 Å². The van der Waals surface area contributed by atoms with Crippen molar-refractivity contribution >= 4 is 22.3 Å². The van der Waals surface area contributed by atoms with Gasteiger partial charge in [-0.3, -0.25) is 19.8 Å². The Balaban J connectivity index is 1.53. The van der Waals surface area contributed by atoms with Crippen LogP contribution in [0.25, 0.3) is 10.9 Å². The molecule has 38 heavy (non-hydrogen) atoms. The second-order valence-electron chi connectivity index (χ2n) is 9.23. The summed E-state index contributed by atoms with van der Waals surface area (Å²) in [6.07, 6.45) is 0. The van der Waals surface area contributed by atoms with E-state index in [4.69, 9.17) is 4.74 Å². The Labute approximate surface area is 217 Å². The van der Waals surface area contributed by atoms with Crippen LogP contribution in [0.3, 0.4) is 0 Å². The first-order chi connectivity index (χ1) is 18.3. The van der Waals surface area contributed by atoms with E-state index in [1.165, 1.54) is 43.0 Å². The van der Waals surface area contributed by atoms with Crippen molar-refractivity contribution in [1.82, 2.24) is 9.47 Å². The first kappa shape index (κ1) is 25.3. The second kappa shape index (κ2) is 10.2. The minimum Gasteiger partial charge on any atom is -0.497 e. The number of fused-ring (bicyclic) bond motifs is 1. The highest BCUT2D eigenvalue weighted by Crippen LogP contribution is 2.37. The molecule has 1 saturated heterocycles. The number of anilines is 1. The van der Waals surface area contributed by atoms with Crippen LogP contribution < -0.4 is 15.2 Å². The Kier molecular flexibility index (Phi) is 6.81. The van der Waals surface area contributed by atoms with Gasteiger partial charge < -0.3 is 14.2 Å². The molecule has 0 bridgehead atoms. The SMILES string of the molecule is COc1ccc2c(c1)c(N1CCN(C(c3ccc(F)cc3)c3ccc(F)cc3)CC1)c([N+](=O)[O-])c(=O)n2C. The lowest BCUT2D eigenvalue weighted by atomic mass is 9.96. The summed E-state index contributed by atoms with van der Waals surface area (Å²) in [5.74, 6) is -0.175. The number of nitro groups is 1. The Hall–Kier alpha value is -4.31. The first-order valence-electron chi connectivity index (χ1n) is 12.1. The van der Waals surface area contributed by atoms with E-state index < -0.39 is 16.2 Å². The molecule has 2 heterocycles. The van der Waals surface area contributed by atoms with Crippen molar-refractivity contribution in [2.45, 2.75) is 6.04 Å². The molecule has 196 valence electrons. The summed E-state index contributed by atoms with van der Waals surface area (Å²) in [4.78, 5) is 28.5. The van der Waals surface area contributed by atoms with Gasteiger partial charge in [-0.2, -0.15) is 0 Å². The van der Waals surface area contributed by atoms with Crippen LogP contribution in [0.2, 0.25) is 0 Å². The molecule has 0 amide bonds. The normalized spacial score (nSPS) is 14.3. The fraction of sp³-hybridized carbons (Fsp3) is 0.250. The third-order valence-electron chi connectivity index (χ3n) is 7.10. The highest BCUT2D eigenvalue weighted by molar-refractivity contribution is 5.97. The molecule has 1 aromatic heterocycles. The van der Waals surface area contributed by atoms with Crippen molar-refractivity contribution < 1.29 is 18.4 Å². The maximum atomic E-state index is 13.7. The third kappa shape index (κ3) is 4.58. The van der Waals surface area contributed by atoms with Gasteiger partial charge in [-0.1, -0.05) is 24.3 Å². The zero-order chi connectivity index (χ0) is 27.0. The molecule has 10 heteroatoms. The minimum absolute atomic E-state index is 0.270. The quantitative estimate of drug-likeness (QED) is 0.272. The van der Waals surface area contributed by atoms with Gasteiger partial charge >= 0.3 is 11.2 Å². The van der Waals surface area contributed by atoms with E-state index in [1.807, 2.05) is 4.90 Å². The van der Waals surface area contributed by atoms with Gasteiger partial charge in [0.2, 0.25) is 0 Å². The van der Waals surface area contributed by atoms with Crippen LogP contribution in [0.5, 0.6) is 5.75 Å². The van der Waals surface area contributed by atoms with Crippen LogP contribution in [0.4, 0.5) is 20.2 Å². The van der Waals surface area contributed by atoms with Crippen molar-refractivity contribution in [2.75, 3.05) is 38.2 Å². The number of aromatic nitrogens is 1. The molecule has 0 N–H and O–H groups in total. The van der Waals surface area contributed by atoms with Crippen molar-refractivity contribution in [3.05, 3.63) is 110 Å². The smallest absolute Gasteiger partial charge is 0.357 e. The zero-order valence-electron chi connectivity index (χ0n) is 20.9. The number of ether oxygens (including phenoxy) is 1. The van der Waals surface area contributed by atoms with Gasteiger partial charge in [0, 0.05) is 38.6 Å². The van der Waals surface area contributed by atoms with E-state index in [0.29, 0.717) is 42.8 Å². The van der Waals surface area contributed by atoms with Crippen molar-refractivity contribution in [3.8, 4) is 5.75 Å². The van der Waals surface area contributed by atoms with Crippen molar-refractivity contribution in [1.29, 1.82) is 0 Å². The molecule has 0 aliphatic carbocycles. The average Bonchev–Trinajstić information content (AvgIpc) is 2.92. The first-order valence-corrected chi connectivity index (χ1v) is 12.1. The highest BCUT2D eigenvalue weighted by atomic mass is 19.1. The molecule has 1 fully saturated rings. The number of pyridine rings is 1. The molecular weight excluding hydrogens is 494 g/mol. The third-order valence-corrected chi connectivity index (χ3v) is 7.10. The molecule has 1 aliphatic heterocycles. The number of rotatable bonds is 6. The van der Waals surface area contributed by atoms with Gasteiger partial charge in [0.15, 0.2) is 0 Å². The van der Waals surface area contributed by atoms with E-state index in [0.717, 1.165) is 11.1 Å². The number of hydrogen-bond acceptors (Lipinski definition) is 6. The standard InChI is InChI=1S/C28H26F2N4O4/c1-31-24-12-11-22(38-2)17-23(24)26(27(28(31)35)34(36)37)33-15-13-32(14-16-33)25(18-3-7-20(29)8-4-18)19-5-9-21(30)10-6-19/h3-12,17,25H,13-16H2,1-2H3. The summed E-state index contributed by atoms with van der Waals surface area (Å²) in [5, 5.41) is 12.7. The van der Waals surface area contributed by atoms with Gasteiger partial charge in [0.1, 0.15) is 23.1 Å². The summed E-state index contributed by atoms with van der Waals surface area (Å²) in [6, 6.07) is 17.3. The van der Waals surface area contributed by atoms with E-state index in [9.17, 15) is 23.7 Å². The number of benzene rings is 3. The lowest BCUT2D eigenvalue weighted by Gasteiger charge is -2.40. The Morgan fingerprint density at radius 3 is 1.95 bits per heavy atom. The van der Waals surface area contributed by atoms with Crippen LogP contribution >= 0.6 is 0 Å². The van der Waals surface area contributed by atoms with E-state index in [1.54, 1.807) is 42.5 Å². The second-order valence-corrected chi connectivity index (χ2v) is 9.23. The molecule has 4 aromatic rings. The minimum atomic E-state index is -0.680. The van der Waals surface area contributed by atoms with E-state index in [2.05, 4.69) is 4.90 Å². The van der Waals surface area contributed by atoms with Gasteiger partial charge in [-0.25, -0.2) is 8.78 Å². The van der Waals surface area contributed by atoms with Gasteiger partial charge in [0.05, 0.1) is 23.6 Å². The molecule has 0 unspecified atom stereocenters. The highest BCUT2D eigenvalue weighted by Gasteiger charge is 2.33. The molecule has 3 aromatic carbocycles.